The number of rotatable bonds is 7. The van der Waals surface area contributed by atoms with Crippen LogP contribution in [0.5, 0.6) is 0 Å². The standard InChI is InChI=1S/C31H34N6O3/c1-20-15-36(16-21(2)40-20)17-23-8-9-28-24(10-23)11-29(35-28)27-12-26(14-32-31(27)39)34-30(38)25-13-33-37(19-25)18-22-6-4-3-5-7-22/h4,6-14,19-21,35H,3,5,15-18H2,1-2H3,(H,32,39)(H,34,38). The summed E-state index contributed by atoms with van der Waals surface area (Å²) in [5.41, 5.74) is 5.22. The van der Waals surface area contributed by atoms with E-state index < -0.39 is 0 Å². The van der Waals surface area contributed by atoms with Crippen molar-refractivity contribution in [3.05, 3.63) is 94.2 Å². The highest BCUT2D eigenvalue weighted by molar-refractivity contribution is 6.04. The Bertz CT molecular complexity index is 1650. The van der Waals surface area contributed by atoms with Crippen molar-refractivity contribution in [3.8, 4) is 11.3 Å². The second kappa shape index (κ2) is 11.1. The number of H-pyrrole nitrogens is 2. The van der Waals surface area contributed by atoms with Crippen molar-refractivity contribution in [2.24, 2.45) is 0 Å². The second-order valence-corrected chi connectivity index (χ2v) is 10.8. The van der Waals surface area contributed by atoms with Crippen molar-refractivity contribution in [2.45, 2.75) is 52.0 Å². The Morgan fingerprint density at radius 2 is 1.98 bits per heavy atom. The lowest BCUT2D eigenvalue weighted by Crippen LogP contribution is -2.44. The van der Waals surface area contributed by atoms with Gasteiger partial charge in [-0.1, -0.05) is 24.3 Å². The van der Waals surface area contributed by atoms with Gasteiger partial charge in [-0.2, -0.15) is 5.10 Å². The summed E-state index contributed by atoms with van der Waals surface area (Å²) in [5, 5.41) is 8.26. The van der Waals surface area contributed by atoms with E-state index in [4.69, 9.17) is 4.74 Å². The molecule has 9 heteroatoms. The average Bonchev–Trinajstić information content (AvgIpc) is 3.57. The SMILES string of the molecule is CC1CN(Cc2ccc3[nH]c(-c4cc(NC(=O)c5cnn(CC6=CCCC=C6)c5)c[nH]c4=O)cc3c2)CC(C)O1. The zero-order valence-corrected chi connectivity index (χ0v) is 22.8. The Labute approximate surface area is 232 Å². The molecule has 40 heavy (non-hydrogen) atoms. The van der Waals surface area contributed by atoms with Crippen LogP contribution in [-0.4, -0.2) is 55.9 Å². The van der Waals surface area contributed by atoms with Gasteiger partial charge in [0, 0.05) is 42.9 Å². The van der Waals surface area contributed by atoms with Gasteiger partial charge in [-0.15, -0.1) is 0 Å². The van der Waals surface area contributed by atoms with Crippen molar-refractivity contribution in [1.82, 2.24) is 24.6 Å². The molecule has 0 saturated carbocycles. The van der Waals surface area contributed by atoms with Crippen molar-refractivity contribution in [1.29, 1.82) is 0 Å². The zero-order valence-electron chi connectivity index (χ0n) is 22.8. The molecule has 9 nitrogen and oxygen atoms in total. The fourth-order valence-electron chi connectivity index (χ4n) is 5.60. The van der Waals surface area contributed by atoms with Crippen molar-refractivity contribution in [3.63, 3.8) is 0 Å². The number of anilines is 1. The molecule has 2 aliphatic rings. The van der Waals surface area contributed by atoms with E-state index >= 15 is 0 Å². The largest absolute Gasteiger partial charge is 0.373 e. The maximum absolute atomic E-state index is 12.9. The average molecular weight is 539 g/mol. The first-order valence-electron chi connectivity index (χ1n) is 13.8. The van der Waals surface area contributed by atoms with Gasteiger partial charge in [0.2, 0.25) is 0 Å². The van der Waals surface area contributed by atoms with E-state index in [1.54, 1.807) is 23.1 Å². The van der Waals surface area contributed by atoms with Crippen LogP contribution in [0.3, 0.4) is 0 Å². The molecule has 0 spiro atoms. The number of allylic oxidation sites excluding steroid dienone is 4. The fourth-order valence-corrected chi connectivity index (χ4v) is 5.60. The molecule has 2 atom stereocenters. The van der Waals surface area contributed by atoms with Gasteiger partial charge in [0.05, 0.1) is 47.5 Å². The van der Waals surface area contributed by atoms with Gasteiger partial charge >= 0.3 is 0 Å². The smallest absolute Gasteiger partial charge is 0.258 e. The van der Waals surface area contributed by atoms with Crippen LogP contribution < -0.4 is 10.9 Å². The summed E-state index contributed by atoms with van der Waals surface area (Å²) >= 11 is 0. The maximum Gasteiger partial charge on any atom is 0.258 e. The molecular weight excluding hydrogens is 504 g/mol. The van der Waals surface area contributed by atoms with Crippen molar-refractivity contribution in [2.75, 3.05) is 18.4 Å². The molecule has 1 aliphatic carbocycles. The van der Waals surface area contributed by atoms with E-state index in [9.17, 15) is 9.59 Å². The number of aromatic amines is 2. The molecule has 1 fully saturated rings. The predicted molar refractivity (Wildman–Crippen MR) is 156 cm³/mol. The molecule has 1 aliphatic heterocycles. The van der Waals surface area contributed by atoms with E-state index in [0.717, 1.165) is 43.4 Å². The molecule has 0 bridgehead atoms. The highest BCUT2D eigenvalue weighted by Crippen LogP contribution is 2.25. The number of aromatic nitrogens is 4. The van der Waals surface area contributed by atoms with Gasteiger partial charge in [-0.05, 0) is 62.1 Å². The number of ether oxygens (including phenoxy) is 1. The minimum atomic E-state index is -0.287. The summed E-state index contributed by atoms with van der Waals surface area (Å²) in [4.78, 5) is 34.2. The Kier molecular flexibility index (Phi) is 7.23. The summed E-state index contributed by atoms with van der Waals surface area (Å²) in [6, 6.07) is 10.0. The lowest BCUT2D eigenvalue weighted by atomic mass is 10.1. The molecular formula is C31H34N6O3. The van der Waals surface area contributed by atoms with Gasteiger partial charge in [0.25, 0.3) is 11.5 Å². The van der Waals surface area contributed by atoms with Crippen molar-refractivity contribution < 1.29 is 9.53 Å². The third-order valence-corrected chi connectivity index (χ3v) is 7.35. The Balaban J connectivity index is 1.17. The Morgan fingerprint density at radius 3 is 2.77 bits per heavy atom. The predicted octanol–water partition coefficient (Wildman–Crippen LogP) is 4.86. The number of hydrogen-bond acceptors (Lipinski definition) is 5. The number of carbonyl (C=O) groups excluding carboxylic acids is 1. The van der Waals surface area contributed by atoms with Crippen LogP contribution in [0, 0.1) is 0 Å². The molecule has 1 amide bonds. The number of carbonyl (C=O) groups is 1. The third kappa shape index (κ3) is 5.85. The zero-order chi connectivity index (χ0) is 27.6. The van der Waals surface area contributed by atoms with Crippen LogP contribution >= 0.6 is 0 Å². The molecule has 1 saturated heterocycles. The van der Waals surface area contributed by atoms with Crippen LogP contribution in [0.1, 0.15) is 42.6 Å². The maximum atomic E-state index is 12.9. The van der Waals surface area contributed by atoms with E-state index in [1.165, 1.54) is 17.3 Å². The molecule has 0 radical (unpaired) electrons. The van der Waals surface area contributed by atoms with Crippen LogP contribution in [0.15, 0.2) is 77.5 Å². The fraction of sp³-hybridized carbons (Fsp3) is 0.323. The van der Waals surface area contributed by atoms with E-state index in [-0.39, 0.29) is 23.7 Å². The minimum absolute atomic E-state index is 0.221. The van der Waals surface area contributed by atoms with Gasteiger partial charge < -0.3 is 20.0 Å². The monoisotopic (exact) mass is 538 g/mol. The number of nitrogens with one attached hydrogen (secondary N) is 3. The Hall–Kier alpha value is -4.21. The first-order valence-corrected chi connectivity index (χ1v) is 13.8. The molecule has 1 aromatic carbocycles. The van der Waals surface area contributed by atoms with Crippen LogP contribution in [-0.2, 0) is 17.8 Å². The minimum Gasteiger partial charge on any atom is -0.373 e. The number of pyridine rings is 1. The number of amides is 1. The highest BCUT2D eigenvalue weighted by atomic mass is 16.5. The van der Waals surface area contributed by atoms with Gasteiger partial charge in [0.1, 0.15) is 0 Å². The summed E-state index contributed by atoms with van der Waals surface area (Å²) in [6.45, 7) is 7.51. The number of nitrogens with zero attached hydrogens (tertiary/aromatic N) is 3. The topological polar surface area (TPSA) is 108 Å². The number of hydrogen-bond donors (Lipinski definition) is 3. The summed E-state index contributed by atoms with van der Waals surface area (Å²) in [5.74, 6) is -0.287. The molecule has 2 unspecified atom stereocenters. The molecule has 3 N–H and O–H groups in total. The number of benzene rings is 1. The molecule has 6 rings (SSSR count). The third-order valence-electron chi connectivity index (χ3n) is 7.35. The van der Waals surface area contributed by atoms with Crippen molar-refractivity contribution >= 4 is 22.5 Å². The van der Waals surface area contributed by atoms with Crippen LogP contribution in [0.2, 0.25) is 0 Å². The summed E-state index contributed by atoms with van der Waals surface area (Å²) in [6.07, 6.45) is 13.8. The normalized spacial score (nSPS) is 19.6. The van der Waals surface area contributed by atoms with Gasteiger partial charge in [-0.3, -0.25) is 19.2 Å². The highest BCUT2D eigenvalue weighted by Gasteiger charge is 2.22. The number of morpholine rings is 1. The summed E-state index contributed by atoms with van der Waals surface area (Å²) in [7, 11) is 0. The van der Waals surface area contributed by atoms with E-state index in [0.29, 0.717) is 29.1 Å². The Morgan fingerprint density at radius 1 is 1.12 bits per heavy atom. The van der Waals surface area contributed by atoms with Gasteiger partial charge in [-0.25, -0.2) is 0 Å². The first kappa shape index (κ1) is 26.0. The summed E-state index contributed by atoms with van der Waals surface area (Å²) < 4.78 is 7.62. The lowest BCUT2D eigenvalue weighted by Gasteiger charge is -2.35. The van der Waals surface area contributed by atoms with Crippen LogP contribution in [0.4, 0.5) is 5.69 Å². The number of fused-ring (bicyclic) bond motifs is 1. The van der Waals surface area contributed by atoms with E-state index in [2.05, 4.69) is 75.6 Å². The van der Waals surface area contributed by atoms with Gasteiger partial charge in [0.15, 0.2) is 0 Å². The van der Waals surface area contributed by atoms with E-state index in [1.807, 2.05) is 6.07 Å². The second-order valence-electron chi connectivity index (χ2n) is 10.8. The molecule has 206 valence electrons. The van der Waals surface area contributed by atoms with Crippen LogP contribution in [0.25, 0.3) is 22.2 Å². The quantitative estimate of drug-likeness (QED) is 0.312. The first-order chi connectivity index (χ1) is 19.4. The molecule has 4 heterocycles. The molecule has 4 aromatic rings. The lowest BCUT2D eigenvalue weighted by molar-refractivity contribution is -0.0704. The molecule has 3 aromatic heterocycles.